The number of nitriles is 1. The molecular formula is C10H10IN. The Hall–Kier alpha value is -0.560. The fourth-order valence-electron chi connectivity index (χ4n) is 1.21. The van der Waals surface area contributed by atoms with Gasteiger partial charge < -0.3 is 0 Å². The van der Waals surface area contributed by atoms with Crippen LogP contribution in [0.3, 0.4) is 0 Å². The molecule has 1 aromatic carbocycles. The highest BCUT2D eigenvalue weighted by Gasteiger charge is 2.04. The van der Waals surface area contributed by atoms with Gasteiger partial charge in [0.05, 0.1) is 12.5 Å². The lowest BCUT2D eigenvalue weighted by atomic mass is 10.0. The van der Waals surface area contributed by atoms with Crippen LogP contribution < -0.4 is 0 Å². The van der Waals surface area contributed by atoms with E-state index in [-0.39, 0.29) is 0 Å². The van der Waals surface area contributed by atoms with Crippen LogP contribution in [-0.4, -0.2) is 0 Å². The standard InChI is InChI=1S/C10H10IN/c1-7-3-4-10(11)8(2)9(7)5-6-12/h3-4H,5H2,1-2H3. The molecule has 0 radical (unpaired) electrons. The van der Waals surface area contributed by atoms with E-state index in [9.17, 15) is 0 Å². The van der Waals surface area contributed by atoms with Gasteiger partial charge in [-0.2, -0.15) is 5.26 Å². The maximum Gasteiger partial charge on any atom is 0.0669 e. The summed E-state index contributed by atoms with van der Waals surface area (Å²) in [7, 11) is 0. The van der Waals surface area contributed by atoms with Crippen molar-refractivity contribution in [2.75, 3.05) is 0 Å². The molecule has 1 rings (SSSR count). The predicted octanol–water partition coefficient (Wildman–Crippen LogP) is 2.97. The molecular weight excluding hydrogens is 261 g/mol. The molecule has 0 spiro atoms. The Balaban J connectivity index is 3.25. The van der Waals surface area contributed by atoms with Crippen molar-refractivity contribution in [2.24, 2.45) is 0 Å². The summed E-state index contributed by atoms with van der Waals surface area (Å²) < 4.78 is 1.24. The molecule has 0 fully saturated rings. The van der Waals surface area contributed by atoms with Crippen molar-refractivity contribution < 1.29 is 0 Å². The highest BCUT2D eigenvalue weighted by atomic mass is 127. The van der Waals surface area contributed by atoms with E-state index in [2.05, 4.69) is 54.6 Å². The summed E-state index contributed by atoms with van der Waals surface area (Å²) in [5, 5.41) is 8.61. The number of halogens is 1. The van der Waals surface area contributed by atoms with Gasteiger partial charge >= 0.3 is 0 Å². The van der Waals surface area contributed by atoms with Gasteiger partial charge in [-0.1, -0.05) is 6.07 Å². The number of nitrogens with zero attached hydrogens (tertiary/aromatic N) is 1. The molecule has 0 unspecified atom stereocenters. The van der Waals surface area contributed by atoms with Crippen LogP contribution >= 0.6 is 22.6 Å². The van der Waals surface area contributed by atoms with Crippen LogP contribution in [0.1, 0.15) is 16.7 Å². The van der Waals surface area contributed by atoms with E-state index in [1.54, 1.807) is 0 Å². The summed E-state index contributed by atoms with van der Waals surface area (Å²) in [6.45, 7) is 4.12. The van der Waals surface area contributed by atoms with Crippen LogP contribution in [0.15, 0.2) is 12.1 Å². The molecule has 1 aromatic rings. The summed E-state index contributed by atoms with van der Waals surface area (Å²) in [6, 6.07) is 6.35. The molecule has 0 aromatic heterocycles. The van der Waals surface area contributed by atoms with Gasteiger partial charge in [-0.25, -0.2) is 0 Å². The third-order valence-corrected chi connectivity index (χ3v) is 3.19. The second kappa shape index (κ2) is 3.90. The van der Waals surface area contributed by atoms with Crippen molar-refractivity contribution in [1.82, 2.24) is 0 Å². The Morgan fingerprint density at radius 3 is 2.67 bits per heavy atom. The van der Waals surface area contributed by atoms with Gasteiger partial charge in [-0.15, -0.1) is 0 Å². The van der Waals surface area contributed by atoms with E-state index in [0.717, 1.165) is 0 Å². The fourth-order valence-corrected chi connectivity index (χ4v) is 1.72. The average Bonchev–Trinajstić information content (AvgIpc) is 2.06. The summed E-state index contributed by atoms with van der Waals surface area (Å²) in [6.07, 6.45) is 0.522. The number of benzene rings is 1. The average molecular weight is 271 g/mol. The third-order valence-electron chi connectivity index (χ3n) is 2.02. The predicted molar refractivity (Wildman–Crippen MR) is 58.0 cm³/mol. The quantitative estimate of drug-likeness (QED) is 0.720. The van der Waals surface area contributed by atoms with Gasteiger partial charge in [-0.05, 0) is 59.2 Å². The molecule has 2 heteroatoms. The van der Waals surface area contributed by atoms with Crippen LogP contribution in [0.5, 0.6) is 0 Å². The largest absolute Gasteiger partial charge is 0.198 e. The van der Waals surface area contributed by atoms with E-state index < -0.39 is 0 Å². The third kappa shape index (κ3) is 1.78. The number of hydrogen-bond acceptors (Lipinski definition) is 1. The molecule has 0 saturated carbocycles. The van der Waals surface area contributed by atoms with E-state index in [0.29, 0.717) is 6.42 Å². The van der Waals surface area contributed by atoms with Crippen molar-refractivity contribution in [3.05, 3.63) is 32.4 Å². The molecule has 0 saturated heterocycles. The van der Waals surface area contributed by atoms with Crippen molar-refractivity contribution in [3.8, 4) is 6.07 Å². The van der Waals surface area contributed by atoms with Crippen LogP contribution in [-0.2, 0) is 6.42 Å². The molecule has 0 amide bonds. The number of hydrogen-bond donors (Lipinski definition) is 0. The fraction of sp³-hybridized carbons (Fsp3) is 0.300. The van der Waals surface area contributed by atoms with Crippen molar-refractivity contribution in [1.29, 1.82) is 5.26 Å². The van der Waals surface area contributed by atoms with Gasteiger partial charge in [0.15, 0.2) is 0 Å². The molecule has 0 heterocycles. The smallest absolute Gasteiger partial charge is 0.0669 e. The highest BCUT2D eigenvalue weighted by Crippen LogP contribution is 2.19. The van der Waals surface area contributed by atoms with Gasteiger partial charge in [0.1, 0.15) is 0 Å². The zero-order valence-corrected chi connectivity index (χ0v) is 9.34. The minimum atomic E-state index is 0.522. The number of aryl methyl sites for hydroxylation is 1. The molecule has 12 heavy (non-hydrogen) atoms. The Bertz CT molecular complexity index is 336. The highest BCUT2D eigenvalue weighted by molar-refractivity contribution is 14.1. The zero-order chi connectivity index (χ0) is 9.14. The molecule has 1 nitrogen and oxygen atoms in total. The van der Waals surface area contributed by atoms with E-state index in [1.807, 2.05) is 0 Å². The van der Waals surface area contributed by atoms with E-state index >= 15 is 0 Å². The van der Waals surface area contributed by atoms with Crippen molar-refractivity contribution in [3.63, 3.8) is 0 Å². The molecule has 0 aliphatic carbocycles. The SMILES string of the molecule is Cc1ccc(I)c(C)c1CC#N. The minimum absolute atomic E-state index is 0.522. The van der Waals surface area contributed by atoms with E-state index in [4.69, 9.17) is 5.26 Å². The first-order valence-corrected chi connectivity index (χ1v) is 4.86. The Kier molecular flexibility index (Phi) is 3.10. The summed E-state index contributed by atoms with van der Waals surface area (Å²) in [4.78, 5) is 0. The maximum absolute atomic E-state index is 8.61. The first-order chi connectivity index (χ1) is 5.66. The second-order valence-electron chi connectivity index (χ2n) is 2.80. The zero-order valence-electron chi connectivity index (χ0n) is 7.19. The Labute approximate surface area is 86.5 Å². The minimum Gasteiger partial charge on any atom is -0.198 e. The summed E-state index contributed by atoms with van der Waals surface area (Å²) in [5.41, 5.74) is 3.65. The van der Waals surface area contributed by atoms with Crippen LogP contribution in [0.2, 0.25) is 0 Å². The first kappa shape index (κ1) is 9.53. The van der Waals surface area contributed by atoms with Crippen LogP contribution in [0.4, 0.5) is 0 Å². The lowest BCUT2D eigenvalue weighted by molar-refractivity contribution is 1.16. The first-order valence-electron chi connectivity index (χ1n) is 3.78. The molecule has 62 valence electrons. The summed E-state index contributed by atoms with van der Waals surface area (Å²) >= 11 is 2.30. The lowest BCUT2D eigenvalue weighted by Crippen LogP contribution is -1.94. The lowest BCUT2D eigenvalue weighted by Gasteiger charge is -2.07. The molecule has 0 aliphatic rings. The summed E-state index contributed by atoms with van der Waals surface area (Å²) in [5.74, 6) is 0. The molecule has 0 atom stereocenters. The Morgan fingerprint density at radius 1 is 1.42 bits per heavy atom. The van der Waals surface area contributed by atoms with Gasteiger partial charge in [-0.3, -0.25) is 0 Å². The van der Waals surface area contributed by atoms with E-state index in [1.165, 1.54) is 20.3 Å². The molecule has 0 aliphatic heterocycles. The van der Waals surface area contributed by atoms with Crippen molar-refractivity contribution in [2.45, 2.75) is 20.3 Å². The van der Waals surface area contributed by atoms with Crippen LogP contribution in [0.25, 0.3) is 0 Å². The topological polar surface area (TPSA) is 23.8 Å². The van der Waals surface area contributed by atoms with Gasteiger partial charge in [0.2, 0.25) is 0 Å². The number of rotatable bonds is 1. The van der Waals surface area contributed by atoms with Crippen LogP contribution in [0, 0.1) is 28.7 Å². The maximum atomic E-state index is 8.61. The van der Waals surface area contributed by atoms with Gasteiger partial charge in [0.25, 0.3) is 0 Å². The molecule has 0 N–H and O–H groups in total. The monoisotopic (exact) mass is 271 g/mol. The molecule has 0 bridgehead atoms. The second-order valence-corrected chi connectivity index (χ2v) is 3.96. The van der Waals surface area contributed by atoms with Crippen molar-refractivity contribution >= 4 is 22.6 Å². The van der Waals surface area contributed by atoms with Gasteiger partial charge in [0, 0.05) is 3.57 Å². The Morgan fingerprint density at radius 2 is 2.08 bits per heavy atom. The normalized spacial score (nSPS) is 9.50.